The van der Waals surface area contributed by atoms with Gasteiger partial charge >= 0.3 is 0 Å². The van der Waals surface area contributed by atoms with E-state index in [0.717, 1.165) is 5.56 Å². The molecular weight excluding hydrogens is 413 g/mol. The van der Waals surface area contributed by atoms with Crippen LogP contribution in [-0.2, 0) is 16.6 Å². The van der Waals surface area contributed by atoms with Crippen molar-refractivity contribution in [3.05, 3.63) is 70.6 Å². The smallest absolute Gasteiger partial charge is 0.243 e. The molecule has 1 aliphatic rings. The van der Waals surface area contributed by atoms with E-state index in [9.17, 15) is 12.8 Å². The topological polar surface area (TPSA) is 53.5 Å². The Bertz CT molecular complexity index is 1140. The van der Waals surface area contributed by atoms with Gasteiger partial charge in [0.25, 0.3) is 0 Å². The van der Waals surface area contributed by atoms with Crippen LogP contribution in [0, 0.1) is 12.7 Å². The maximum atomic E-state index is 14.1. The minimum atomic E-state index is -3.65. The number of hydrogen-bond donors (Lipinski definition) is 0. The predicted molar refractivity (Wildman–Crippen MR) is 112 cm³/mol. The highest BCUT2D eigenvalue weighted by Gasteiger charge is 2.30. The first-order chi connectivity index (χ1) is 13.9. The lowest BCUT2D eigenvalue weighted by Gasteiger charge is -2.34. The molecule has 0 atom stereocenters. The van der Waals surface area contributed by atoms with E-state index in [1.54, 1.807) is 42.6 Å². The first kappa shape index (κ1) is 20.2. The maximum Gasteiger partial charge on any atom is 0.243 e. The summed E-state index contributed by atoms with van der Waals surface area (Å²) in [5.41, 5.74) is 2.08. The number of rotatable bonds is 4. The molecule has 5 nitrogen and oxygen atoms in total. The van der Waals surface area contributed by atoms with Crippen molar-refractivity contribution in [1.29, 1.82) is 0 Å². The van der Waals surface area contributed by atoms with E-state index in [1.165, 1.54) is 10.4 Å². The molecule has 0 bridgehead atoms. The van der Waals surface area contributed by atoms with Gasteiger partial charge in [0.2, 0.25) is 10.0 Å². The van der Waals surface area contributed by atoms with Gasteiger partial charge in [-0.1, -0.05) is 23.7 Å². The van der Waals surface area contributed by atoms with Gasteiger partial charge in [0.15, 0.2) is 0 Å². The molecule has 4 rings (SSSR count). The Hall–Kier alpha value is -2.06. The summed E-state index contributed by atoms with van der Waals surface area (Å²) in [4.78, 5) is 6.63. The first-order valence-electron chi connectivity index (χ1n) is 9.37. The average molecular weight is 434 g/mol. The van der Waals surface area contributed by atoms with Gasteiger partial charge in [-0.2, -0.15) is 4.31 Å². The molecule has 0 N–H and O–H groups in total. The number of aromatic nitrogens is 1. The summed E-state index contributed by atoms with van der Waals surface area (Å²) in [6.07, 6.45) is 1.67. The Morgan fingerprint density at radius 3 is 2.55 bits per heavy atom. The molecule has 152 valence electrons. The molecule has 8 heteroatoms. The monoisotopic (exact) mass is 433 g/mol. The zero-order valence-corrected chi connectivity index (χ0v) is 17.5. The van der Waals surface area contributed by atoms with E-state index in [4.69, 9.17) is 11.6 Å². The third kappa shape index (κ3) is 3.88. The summed E-state index contributed by atoms with van der Waals surface area (Å²) >= 11 is 6.12. The van der Waals surface area contributed by atoms with Gasteiger partial charge in [-0.25, -0.2) is 12.8 Å². The zero-order chi connectivity index (χ0) is 20.6. The molecule has 1 saturated heterocycles. The van der Waals surface area contributed by atoms with Crippen molar-refractivity contribution in [3.8, 4) is 0 Å². The van der Waals surface area contributed by atoms with Crippen molar-refractivity contribution in [3.63, 3.8) is 0 Å². The van der Waals surface area contributed by atoms with E-state index in [0.29, 0.717) is 54.2 Å². The van der Waals surface area contributed by atoms with Crippen LogP contribution in [0.5, 0.6) is 0 Å². The number of piperazine rings is 1. The fourth-order valence-corrected chi connectivity index (χ4v) is 5.51. The van der Waals surface area contributed by atoms with Crippen LogP contribution in [0.3, 0.4) is 0 Å². The molecule has 1 aromatic heterocycles. The fourth-order valence-electron chi connectivity index (χ4n) is 3.69. The van der Waals surface area contributed by atoms with Crippen molar-refractivity contribution in [2.24, 2.45) is 0 Å². The minimum absolute atomic E-state index is 0.275. The van der Waals surface area contributed by atoms with E-state index < -0.39 is 10.0 Å². The Labute approximate surface area is 174 Å². The van der Waals surface area contributed by atoms with Crippen molar-refractivity contribution in [2.45, 2.75) is 18.4 Å². The second-order valence-corrected chi connectivity index (χ2v) is 9.47. The molecule has 0 unspecified atom stereocenters. The maximum absolute atomic E-state index is 14.1. The summed E-state index contributed by atoms with van der Waals surface area (Å²) in [5, 5.41) is 1.02. The van der Waals surface area contributed by atoms with Gasteiger partial charge < -0.3 is 0 Å². The lowest BCUT2D eigenvalue weighted by molar-refractivity contribution is 0.180. The lowest BCUT2D eigenvalue weighted by Crippen LogP contribution is -2.48. The number of hydrogen-bond acceptors (Lipinski definition) is 4. The van der Waals surface area contributed by atoms with Crippen LogP contribution < -0.4 is 0 Å². The average Bonchev–Trinajstić information content (AvgIpc) is 2.71. The summed E-state index contributed by atoms with van der Waals surface area (Å²) in [6.45, 7) is 3.96. The van der Waals surface area contributed by atoms with Crippen molar-refractivity contribution in [2.75, 3.05) is 26.2 Å². The SMILES string of the molecule is Cc1ccc(S(=O)(=O)N2CCN(Cc3c(F)cccc3Cl)CC2)c2cccnc12. The Morgan fingerprint density at radius 1 is 1.07 bits per heavy atom. The molecular formula is C21H21ClFN3O2S. The number of benzene rings is 2. The van der Waals surface area contributed by atoms with Crippen LogP contribution in [0.15, 0.2) is 53.6 Å². The third-order valence-electron chi connectivity index (χ3n) is 5.32. The van der Waals surface area contributed by atoms with Gasteiger partial charge in [-0.3, -0.25) is 9.88 Å². The molecule has 1 aliphatic heterocycles. The zero-order valence-electron chi connectivity index (χ0n) is 16.0. The van der Waals surface area contributed by atoms with Crippen LogP contribution in [0.25, 0.3) is 10.9 Å². The molecule has 2 aromatic carbocycles. The Balaban J connectivity index is 1.53. The number of halogens is 2. The second kappa shape index (κ2) is 7.99. The van der Waals surface area contributed by atoms with Crippen LogP contribution >= 0.6 is 11.6 Å². The molecule has 0 amide bonds. The number of pyridine rings is 1. The largest absolute Gasteiger partial charge is 0.296 e. The highest BCUT2D eigenvalue weighted by molar-refractivity contribution is 7.89. The number of sulfonamides is 1. The predicted octanol–water partition coefficient (Wildman–Crippen LogP) is 3.84. The van der Waals surface area contributed by atoms with Crippen LogP contribution in [0.1, 0.15) is 11.1 Å². The Morgan fingerprint density at radius 2 is 1.83 bits per heavy atom. The number of nitrogens with zero attached hydrogens (tertiary/aromatic N) is 3. The summed E-state index contributed by atoms with van der Waals surface area (Å²) in [6, 6.07) is 11.6. The van der Waals surface area contributed by atoms with Crippen molar-refractivity contribution in [1.82, 2.24) is 14.2 Å². The molecule has 0 saturated carbocycles. The van der Waals surface area contributed by atoms with Gasteiger partial charge in [-0.05, 0) is 42.8 Å². The quantitative estimate of drug-likeness (QED) is 0.627. The third-order valence-corrected chi connectivity index (χ3v) is 7.63. The molecule has 0 radical (unpaired) electrons. The van der Waals surface area contributed by atoms with E-state index >= 15 is 0 Å². The minimum Gasteiger partial charge on any atom is -0.296 e. The number of fused-ring (bicyclic) bond motifs is 1. The first-order valence-corrected chi connectivity index (χ1v) is 11.2. The van der Waals surface area contributed by atoms with Gasteiger partial charge in [0.1, 0.15) is 5.82 Å². The molecule has 2 heterocycles. The van der Waals surface area contributed by atoms with Gasteiger partial charge in [0.05, 0.1) is 10.4 Å². The lowest BCUT2D eigenvalue weighted by atomic mass is 10.1. The van der Waals surface area contributed by atoms with Gasteiger partial charge in [0, 0.05) is 54.9 Å². The van der Waals surface area contributed by atoms with Crippen LogP contribution in [0.4, 0.5) is 4.39 Å². The van der Waals surface area contributed by atoms with Gasteiger partial charge in [-0.15, -0.1) is 0 Å². The highest BCUT2D eigenvalue weighted by atomic mass is 35.5. The van der Waals surface area contributed by atoms with Crippen LogP contribution in [-0.4, -0.2) is 48.8 Å². The van der Waals surface area contributed by atoms with E-state index in [1.807, 2.05) is 11.8 Å². The summed E-state index contributed by atoms with van der Waals surface area (Å²) in [5.74, 6) is -0.342. The molecule has 3 aromatic rings. The highest BCUT2D eigenvalue weighted by Crippen LogP contribution is 2.28. The second-order valence-electron chi connectivity index (χ2n) is 7.16. The molecule has 1 fully saturated rings. The Kier molecular flexibility index (Phi) is 5.57. The summed E-state index contributed by atoms with van der Waals surface area (Å²) < 4.78 is 42.1. The molecule has 0 aliphatic carbocycles. The standard InChI is InChI=1S/C21H21ClFN3O2S/c1-15-7-8-20(16-4-3-9-24-21(15)16)29(27,28)26-12-10-25(11-13-26)14-17-18(22)5-2-6-19(17)23/h2-9H,10-14H2,1H3. The van der Waals surface area contributed by atoms with Crippen molar-refractivity contribution >= 4 is 32.5 Å². The van der Waals surface area contributed by atoms with Crippen LogP contribution in [0.2, 0.25) is 5.02 Å². The number of aryl methyl sites for hydroxylation is 1. The summed E-state index contributed by atoms with van der Waals surface area (Å²) in [7, 11) is -3.65. The van der Waals surface area contributed by atoms with E-state index in [-0.39, 0.29) is 10.7 Å². The molecule has 29 heavy (non-hydrogen) atoms. The van der Waals surface area contributed by atoms with Crippen molar-refractivity contribution < 1.29 is 12.8 Å². The van der Waals surface area contributed by atoms with E-state index in [2.05, 4.69) is 4.98 Å². The normalized spacial score (nSPS) is 16.4. The molecule has 0 spiro atoms. The fraction of sp³-hybridized carbons (Fsp3) is 0.286.